The highest BCUT2D eigenvalue weighted by Gasteiger charge is 2.21. The fourth-order valence-electron chi connectivity index (χ4n) is 3.02. The van der Waals surface area contributed by atoms with Gasteiger partial charge >= 0.3 is 6.09 Å². The third-order valence-electron chi connectivity index (χ3n) is 4.28. The standard InChI is InChI=1S/C21H23N3O5/c1-13(25)18-19(27)17(26)12-23(22-18)10-9-14-11-24(20(28)29-21(2,3)4)16-8-6-5-7-15(14)16/h5-8,11-12,26H,9-10H2,1-4H3. The first kappa shape index (κ1) is 20.3. The molecular formula is C21H23N3O5. The number of nitrogens with zero attached hydrogens (tertiary/aromatic N) is 3. The maximum Gasteiger partial charge on any atom is 0.419 e. The first-order valence-electron chi connectivity index (χ1n) is 9.21. The van der Waals surface area contributed by atoms with E-state index < -0.39 is 28.7 Å². The smallest absolute Gasteiger partial charge is 0.419 e. The lowest BCUT2D eigenvalue weighted by molar-refractivity contribution is 0.0544. The Morgan fingerprint density at radius 1 is 1.17 bits per heavy atom. The maximum absolute atomic E-state index is 12.6. The molecule has 29 heavy (non-hydrogen) atoms. The van der Waals surface area contributed by atoms with Gasteiger partial charge in [-0.25, -0.2) is 4.79 Å². The van der Waals surface area contributed by atoms with Crippen molar-refractivity contribution in [3.05, 3.63) is 58.1 Å². The van der Waals surface area contributed by atoms with E-state index in [-0.39, 0.29) is 5.69 Å². The molecule has 0 unspecified atom stereocenters. The number of benzene rings is 1. The number of aromatic nitrogens is 3. The van der Waals surface area contributed by atoms with Gasteiger partial charge in [0.05, 0.1) is 11.7 Å². The van der Waals surface area contributed by atoms with Gasteiger partial charge in [0.15, 0.2) is 17.2 Å². The third-order valence-corrected chi connectivity index (χ3v) is 4.28. The van der Waals surface area contributed by atoms with Gasteiger partial charge in [-0.3, -0.25) is 18.8 Å². The normalized spacial score (nSPS) is 11.6. The van der Waals surface area contributed by atoms with Crippen molar-refractivity contribution in [1.82, 2.24) is 14.3 Å². The monoisotopic (exact) mass is 397 g/mol. The van der Waals surface area contributed by atoms with E-state index in [9.17, 15) is 19.5 Å². The minimum Gasteiger partial charge on any atom is -0.503 e. The van der Waals surface area contributed by atoms with Crippen molar-refractivity contribution < 1.29 is 19.4 Å². The van der Waals surface area contributed by atoms with E-state index in [4.69, 9.17) is 4.74 Å². The first-order chi connectivity index (χ1) is 13.6. The summed E-state index contributed by atoms with van der Waals surface area (Å²) in [5.41, 5.74) is -0.118. The Labute approximate surface area is 167 Å². The van der Waals surface area contributed by atoms with Gasteiger partial charge in [-0.15, -0.1) is 0 Å². The van der Waals surface area contributed by atoms with E-state index in [1.165, 1.54) is 22.4 Å². The van der Waals surface area contributed by atoms with Crippen molar-refractivity contribution >= 4 is 22.8 Å². The first-order valence-corrected chi connectivity index (χ1v) is 9.21. The van der Waals surface area contributed by atoms with Gasteiger partial charge in [0.25, 0.3) is 5.43 Å². The van der Waals surface area contributed by atoms with Crippen LogP contribution in [0.2, 0.25) is 0 Å². The fraction of sp³-hybridized carbons (Fsp3) is 0.333. The van der Waals surface area contributed by atoms with Crippen molar-refractivity contribution in [1.29, 1.82) is 0 Å². The molecular weight excluding hydrogens is 374 g/mol. The molecule has 0 aliphatic carbocycles. The Balaban J connectivity index is 1.93. The largest absolute Gasteiger partial charge is 0.503 e. The summed E-state index contributed by atoms with van der Waals surface area (Å²) in [5.74, 6) is -1.04. The van der Waals surface area contributed by atoms with Crippen molar-refractivity contribution in [2.45, 2.75) is 46.3 Å². The minimum absolute atomic E-state index is 0.302. The second kappa shape index (κ2) is 7.54. The zero-order valence-corrected chi connectivity index (χ0v) is 16.8. The molecule has 0 amide bonds. The number of aryl methyl sites for hydroxylation is 2. The van der Waals surface area contributed by atoms with Crippen LogP contribution >= 0.6 is 0 Å². The highest BCUT2D eigenvalue weighted by atomic mass is 16.6. The Morgan fingerprint density at radius 2 is 1.86 bits per heavy atom. The summed E-state index contributed by atoms with van der Waals surface area (Å²) in [6, 6.07) is 7.46. The molecule has 0 saturated heterocycles. The van der Waals surface area contributed by atoms with Gasteiger partial charge in [0.1, 0.15) is 5.60 Å². The highest BCUT2D eigenvalue weighted by molar-refractivity contribution is 5.92. The number of aromatic hydroxyl groups is 1. The molecule has 3 rings (SSSR count). The van der Waals surface area contributed by atoms with Crippen LogP contribution in [0.1, 0.15) is 43.7 Å². The summed E-state index contributed by atoms with van der Waals surface area (Å²) in [7, 11) is 0. The predicted octanol–water partition coefficient (Wildman–Crippen LogP) is 3.13. The molecule has 0 spiro atoms. The number of hydrogen-bond donors (Lipinski definition) is 1. The summed E-state index contributed by atoms with van der Waals surface area (Å²) in [6.45, 7) is 6.94. The van der Waals surface area contributed by atoms with Crippen LogP contribution < -0.4 is 5.43 Å². The molecule has 0 aliphatic heterocycles. The molecule has 0 radical (unpaired) electrons. The molecule has 8 heteroatoms. The molecule has 0 atom stereocenters. The Hall–Kier alpha value is -3.42. The Morgan fingerprint density at radius 3 is 2.52 bits per heavy atom. The van der Waals surface area contributed by atoms with E-state index in [1.54, 1.807) is 27.0 Å². The number of hydrogen-bond acceptors (Lipinski definition) is 6. The van der Waals surface area contributed by atoms with E-state index >= 15 is 0 Å². The quantitative estimate of drug-likeness (QED) is 0.679. The molecule has 2 aromatic heterocycles. The number of ketones is 1. The second-order valence-corrected chi connectivity index (χ2v) is 7.78. The van der Waals surface area contributed by atoms with Crippen LogP contribution in [0.3, 0.4) is 0 Å². The van der Waals surface area contributed by atoms with Crippen LogP contribution in [0.5, 0.6) is 5.75 Å². The topological polar surface area (TPSA) is 103 Å². The average Bonchev–Trinajstić information content (AvgIpc) is 3.00. The second-order valence-electron chi connectivity index (χ2n) is 7.78. The van der Waals surface area contributed by atoms with Crippen LogP contribution in [0.25, 0.3) is 10.9 Å². The summed E-state index contributed by atoms with van der Waals surface area (Å²) < 4.78 is 8.30. The van der Waals surface area contributed by atoms with Crippen LogP contribution in [0.15, 0.2) is 41.5 Å². The van der Waals surface area contributed by atoms with Crippen LogP contribution in [-0.4, -0.2) is 36.9 Å². The molecule has 0 saturated carbocycles. The summed E-state index contributed by atoms with van der Waals surface area (Å²) in [5, 5.41) is 14.7. The van der Waals surface area contributed by atoms with Crippen molar-refractivity contribution in [2.24, 2.45) is 0 Å². The van der Waals surface area contributed by atoms with E-state index in [0.717, 1.165) is 16.5 Å². The van der Waals surface area contributed by atoms with Crippen molar-refractivity contribution in [3.63, 3.8) is 0 Å². The number of carbonyl (C=O) groups excluding carboxylic acids is 2. The lowest BCUT2D eigenvalue weighted by atomic mass is 10.1. The van der Waals surface area contributed by atoms with Gasteiger partial charge in [-0.1, -0.05) is 18.2 Å². The zero-order chi connectivity index (χ0) is 21.3. The average molecular weight is 397 g/mol. The number of rotatable bonds is 4. The number of Topliss-reactive ketones (excluding diaryl/α,β-unsaturated/α-hetero) is 1. The summed E-state index contributed by atoms with van der Waals surface area (Å²) in [4.78, 5) is 36.0. The number of para-hydroxylation sites is 1. The third kappa shape index (κ3) is 4.37. The molecule has 152 valence electrons. The van der Waals surface area contributed by atoms with E-state index in [1.807, 2.05) is 24.3 Å². The lowest BCUT2D eigenvalue weighted by Crippen LogP contribution is -2.26. The SMILES string of the molecule is CC(=O)c1nn(CCc2cn(C(=O)OC(C)(C)C)c3ccccc23)cc(O)c1=O. The van der Waals surface area contributed by atoms with Crippen LogP contribution in [0, 0.1) is 0 Å². The molecule has 1 aromatic carbocycles. The van der Waals surface area contributed by atoms with Crippen molar-refractivity contribution in [2.75, 3.05) is 0 Å². The molecule has 3 aromatic rings. The Bertz CT molecular complexity index is 1150. The zero-order valence-electron chi connectivity index (χ0n) is 16.8. The molecule has 0 bridgehead atoms. The molecule has 0 fully saturated rings. The highest BCUT2D eigenvalue weighted by Crippen LogP contribution is 2.23. The number of ether oxygens (including phenoxy) is 1. The Kier molecular flexibility index (Phi) is 5.28. The maximum atomic E-state index is 12.6. The molecule has 0 aliphatic rings. The molecule has 8 nitrogen and oxygen atoms in total. The summed E-state index contributed by atoms with van der Waals surface area (Å²) in [6.07, 6.45) is 2.90. The van der Waals surface area contributed by atoms with Crippen LogP contribution in [-0.2, 0) is 17.7 Å². The predicted molar refractivity (Wildman–Crippen MR) is 107 cm³/mol. The van der Waals surface area contributed by atoms with Gasteiger partial charge in [-0.05, 0) is 38.8 Å². The van der Waals surface area contributed by atoms with Crippen molar-refractivity contribution in [3.8, 4) is 5.75 Å². The molecule has 2 heterocycles. The number of fused-ring (bicyclic) bond motifs is 1. The molecule has 1 N–H and O–H groups in total. The van der Waals surface area contributed by atoms with Gasteiger partial charge in [0.2, 0.25) is 0 Å². The summed E-state index contributed by atoms with van der Waals surface area (Å²) >= 11 is 0. The van der Waals surface area contributed by atoms with Crippen LogP contribution in [0.4, 0.5) is 4.79 Å². The van der Waals surface area contributed by atoms with Gasteiger partial charge < -0.3 is 9.84 Å². The fourth-order valence-corrected chi connectivity index (χ4v) is 3.02. The minimum atomic E-state index is -0.782. The lowest BCUT2D eigenvalue weighted by Gasteiger charge is -2.19. The van der Waals surface area contributed by atoms with E-state index in [0.29, 0.717) is 13.0 Å². The van der Waals surface area contributed by atoms with E-state index in [2.05, 4.69) is 5.10 Å². The van der Waals surface area contributed by atoms with Gasteiger partial charge in [-0.2, -0.15) is 5.10 Å². The van der Waals surface area contributed by atoms with Gasteiger partial charge in [0, 0.05) is 25.1 Å². The number of carbonyl (C=O) groups is 2.